The summed E-state index contributed by atoms with van der Waals surface area (Å²) in [7, 11) is 0. The number of halogens is 3. The number of hydrogen-bond acceptors (Lipinski definition) is 5. The second kappa shape index (κ2) is 7.11. The molecule has 4 aromatic rings. The van der Waals surface area contributed by atoms with Crippen LogP contribution >= 0.6 is 0 Å². The molecule has 0 aliphatic rings. The minimum Gasteiger partial charge on any atom is -0.359 e. The van der Waals surface area contributed by atoms with Gasteiger partial charge in [0.2, 0.25) is 0 Å². The number of amides is 1. The van der Waals surface area contributed by atoms with Gasteiger partial charge in [-0.15, -0.1) is 0 Å². The van der Waals surface area contributed by atoms with Crippen molar-refractivity contribution < 1.29 is 22.5 Å². The maximum atomic E-state index is 13.7. The van der Waals surface area contributed by atoms with Gasteiger partial charge in [-0.25, -0.2) is 0 Å². The van der Waals surface area contributed by atoms with Gasteiger partial charge in [-0.05, 0) is 26.3 Å². The molecule has 0 fully saturated rings. The van der Waals surface area contributed by atoms with Crippen LogP contribution in [0.5, 0.6) is 0 Å². The first kappa shape index (κ1) is 20.4. The Morgan fingerprint density at radius 1 is 1.16 bits per heavy atom. The third-order valence-electron chi connectivity index (χ3n) is 4.80. The Morgan fingerprint density at radius 2 is 1.84 bits per heavy atom. The van der Waals surface area contributed by atoms with Crippen LogP contribution in [0.1, 0.15) is 33.2 Å². The highest BCUT2D eigenvalue weighted by Crippen LogP contribution is 2.38. The van der Waals surface area contributed by atoms with E-state index >= 15 is 0 Å². The minimum atomic E-state index is -4.81. The number of rotatable bonds is 3. The number of nitrogens with one attached hydrogen (secondary N) is 2. The molecule has 1 aromatic carbocycles. The van der Waals surface area contributed by atoms with Crippen LogP contribution in [0.15, 0.2) is 39.6 Å². The second-order valence-corrected chi connectivity index (χ2v) is 6.93. The van der Waals surface area contributed by atoms with Gasteiger partial charge in [0.1, 0.15) is 22.6 Å². The first-order chi connectivity index (χ1) is 14.6. The van der Waals surface area contributed by atoms with Crippen molar-refractivity contribution in [1.29, 1.82) is 0 Å². The Kier molecular flexibility index (Phi) is 4.68. The van der Waals surface area contributed by atoms with E-state index in [9.17, 15) is 22.8 Å². The van der Waals surface area contributed by atoms with Crippen LogP contribution in [0.25, 0.3) is 16.8 Å². The van der Waals surface area contributed by atoms with Crippen LogP contribution in [-0.2, 0) is 6.18 Å². The number of alkyl halides is 3. The van der Waals surface area contributed by atoms with Crippen molar-refractivity contribution in [1.82, 2.24) is 19.8 Å². The molecule has 3 aromatic heterocycles. The molecule has 160 valence electrons. The Morgan fingerprint density at radius 3 is 2.42 bits per heavy atom. The van der Waals surface area contributed by atoms with Crippen LogP contribution in [0.4, 0.5) is 18.9 Å². The van der Waals surface area contributed by atoms with E-state index in [1.807, 2.05) is 0 Å². The number of aryl methyl sites for hydroxylation is 3. The number of H-pyrrole nitrogens is 1. The Labute approximate surface area is 172 Å². The summed E-state index contributed by atoms with van der Waals surface area (Å²) in [5.41, 5.74) is -2.02. The topological polar surface area (TPSA) is 105 Å². The zero-order valence-corrected chi connectivity index (χ0v) is 16.6. The zero-order valence-electron chi connectivity index (χ0n) is 16.6. The summed E-state index contributed by atoms with van der Waals surface area (Å²) < 4.78 is 46.7. The molecule has 0 spiro atoms. The molecule has 8 nitrogen and oxygen atoms in total. The van der Waals surface area contributed by atoms with E-state index in [1.165, 1.54) is 19.1 Å². The molecule has 0 saturated heterocycles. The van der Waals surface area contributed by atoms with Crippen molar-refractivity contribution >= 4 is 17.2 Å². The number of aromatic nitrogens is 4. The van der Waals surface area contributed by atoms with Crippen molar-refractivity contribution in [3.63, 3.8) is 0 Å². The predicted octanol–water partition coefficient (Wildman–Crippen LogP) is 3.87. The average Bonchev–Trinajstić information content (AvgIpc) is 3.24. The first-order valence-electron chi connectivity index (χ1n) is 9.12. The summed E-state index contributed by atoms with van der Waals surface area (Å²) in [5.74, 6) is -0.494. The smallest absolute Gasteiger partial charge is 0.359 e. The lowest BCUT2D eigenvalue weighted by molar-refractivity contribution is -0.140. The van der Waals surface area contributed by atoms with E-state index < -0.39 is 23.3 Å². The van der Waals surface area contributed by atoms with Crippen LogP contribution in [0.3, 0.4) is 0 Å². The van der Waals surface area contributed by atoms with Crippen molar-refractivity contribution in [2.24, 2.45) is 0 Å². The van der Waals surface area contributed by atoms with E-state index in [4.69, 9.17) is 4.52 Å². The molecule has 0 aliphatic heterocycles. The number of benzene rings is 1. The molecule has 0 unspecified atom stereocenters. The summed E-state index contributed by atoms with van der Waals surface area (Å²) >= 11 is 0. The lowest BCUT2D eigenvalue weighted by Gasteiger charge is -2.09. The van der Waals surface area contributed by atoms with Gasteiger partial charge in [0.05, 0.1) is 5.56 Å². The summed E-state index contributed by atoms with van der Waals surface area (Å²) in [4.78, 5) is 28.6. The van der Waals surface area contributed by atoms with Gasteiger partial charge >= 0.3 is 6.18 Å². The normalized spacial score (nSPS) is 11.8. The monoisotopic (exact) mass is 431 g/mol. The molecule has 0 atom stereocenters. The molecule has 31 heavy (non-hydrogen) atoms. The maximum absolute atomic E-state index is 13.7. The van der Waals surface area contributed by atoms with Crippen molar-refractivity contribution in [3.05, 3.63) is 69.1 Å². The number of nitrogens with zero attached hydrogens (tertiary/aromatic N) is 3. The Bertz CT molecular complexity index is 1350. The first-order valence-corrected chi connectivity index (χ1v) is 9.12. The zero-order chi connectivity index (χ0) is 22.5. The molecular formula is C20H16F3N5O3. The summed E-state index contributed by atoms with van der Waals surface area (Å²) in [6.45, 7) is 4.60. The highest BCUT2D eigenvalue weighted by molar-refractivity contribution is 6.05. The van der Waals surface area contributed by atoms with Gasteiger partial charge in [-0.3, -0.25) is 9.59 Å². The highest BCUT2D eigenvalue weighted by Gasteiger charge is 2.39. The minimum absolute atomic E-state index is 0.0903. The third-order valence-corrected chi connectivity index (χ3v) is 4.80. The fraction of sp³-hybridized carbons (Fsp3) is 0.200. The van der Waals surface area contributed by atoms with E-state index in [0.717, 1.165) is 0 Å². The number of hydrogen-bond donors (Lipinski definition) is 2. The lowest BCUT2D eigenvalue weighted by Crippen LogP contribution is -2.29. The largest absolute Gasteiger partial charge is 0.435 e. The van der Waals surface area contributed by atoms with Gasteiger partial charge in [-0.1, -0.05) is 35.5 Å². The van der Waals surface area contributed by atoms with Crippen LogP contribution in [-0.4, -0.2) is 25.7 Å². The van der Waals surface area contributed by atoms with Crippen molar-refractivity contribution in [2.75, 3.05) is 5.32 Å². The van der Waals surface area contributed by atoms with Gasteiger partial charge in [-0.2, -0.15) is 22.8 Å². The standard InChI is InChI=1S/C20H16F3N5O3/c1-9-13(18(29)25-15-10(2)27-31-11(15)3)19(30)28-17(24-9)14(12-7-5-4-6-8-12)16(26-28)20(21,22)23/h4-8,24H,1-3H3,(H,25,29). The van der Waals surface area contributed by atoms with Gasteiger partial charge in [0.25, 0.3) is 11.5 Å². The molecule has 0 bridgehead atoms. The third kappa shape index (κ3) is 3.37. The molecule has 0 saturated carbocycles. The number of carbonyl (C=O) groups is 1. The SMILES string of the molecule is Cc1noc(C)c1NC(=O)c1c(C)[nH]c2c(-c3ccccc3)c(C(F)(F)F)nn2c1=O. The van der Waals surface area contributed by atoms with Gasteiger partial charge < -0.3 is 14.8 Å². The number of fused-ring (bicyclic) bond motifs is 1. The highest BCUT2D eigenvalue weighted by atomic mass is 19.4. The van der Waals surface area contributed by atoms with Gasteiger partial charge in [0, 0.05) is 5.69 Å². The summed E-state index contributed by atoms with van der Waals surface area (Å²) in [6.07, 6.45) is -4.81. The quantitative estimate of drug-likeness (QED) is 0.512. The number of anilines is 1. The summed E-state index contributed by atoms with van der Waals surface area (Å²) in [5, 5.41) is 9.75. The van der Waals surface area contributed by atoms with Crippen LogP contribution < -0.4 is 10.9 Å². The summed E-state index contributed by atoms with van der Waals surface area (Å²) in [6, 6.07) is 7.79. The molecule has 1 amide bonds. The molecule has 2 N–H and O–H groups in total. The Hall–Kier alpha value is -3.89. The fourth-order valence-electron chi connectivity index (χ4n) is 3.37. The van der Waals surface area contributed by atoms with Crippen molar-refractivity contribution in [3.8, 4) is 11.1 Å². The second-order valence-electron chi connectivity index (χ2n) is 6.93. The lowest BCUT2D eigenvalue weighted by atomic mass is 10.1. The van der Waals surface area contributed by atoms with E-state index in [1.54, 1.807) is 32.0 Å². The molecular weight excluding hydrogens is 415 g/mol. The molecule has 11 heteroatoms. The Balaban J connectivity index is 1.94. The van der Waals surface area contributed by atoms with E-state index in [-0.39, 0.29) is 33.7 Å². The van der Waals surface area contributed by atoms with Crippen LogP contribution in [0.2, 0.25) is 0 Å². The van der Waals surface area contributed by atoms with Gasteiger partial charge in [0.15, 0.2) is 11.5 Å². The maximum Gasteiger partial charge on any atom is 0.435 e. The fourth-order valence-corrected chi connectivity index (χ4v) is 3.37. The number of carbonyl (C=O) groups excluding carboxylic acids is 1. The number of aromatic amines is 1. The van der Waals surface area contributed by atoms with E-state index in [0.29, 0.717) is 16.0 Å². The molecule has 3 heterocycles. The van der Waals surface area contributed by atoms with Crippen LogP contribution in [0, 0.1) is 20.8 Å². The van der Waals surface area contributed by atoms with E-state index in [2.05, 4.69) is 20.6 Å². The average molecular weight is 431 g/mol. The molecule has 0 radical (unpaired) electrons. The molecule has 4 rings (SSSR count). The molecule has 0 aliphatic carbocycles. The predicted molar refractivity (Wildman–Crippen MR) is 105 cm³/mol. The van der Waals surface area contributed by atoms with Crippen molar-refractivity contribution in [2.45, 2.75) is 26.9 Å².